The lowest BCUT2D eigenvalue weighted by atomic mass is 10.4. The molecule has 0 aliphatic heterocycles. The maximum absolute atomic E-state index is 11.7. The van der Waals surface area contributed by atoms with Crippen LogP contribution in [0.4, 0.5) is 0 Å². The first kappa shape index (κ1) is 14.2. The Bertz CT molecular complexity index is 632. The summed E-state index contributed by atoms with van der Waals surface area (Å²) in [6.07, 6.45) is 2.46. The molecule has 0 radical (unpaired) electrons. The molecule has 7 heteroatoms. The van der Waals surface area contributed by atoms with E-state index in [-0.39, 0.29) is 18.4 Å². The molecule has 0 unspecified atom stereocenters. The average molecular weight is 321 g/mol. The van der Waals surface area contributed by atoms with Crippen molar-refractivity contribution in [1.29, 1.82) is 0 Å². The molecule has 2 heterocycles. The normalized spacial score (nSPS) is 13.9. The highest BCUT2D eigenvalue weighted by Gasteiger charge is 2.26. The number of thiazole rings is 1. The predicted molar refractivity (Wildman–Crippen MR) is 82.6 cm³/mol. The van der Waals surface area contributed by atoms with Crippen LogP contribution < -0.4 is 10.6 Å². The molecule has 2 aromatic heterocycles. The SMILES string of the molecule is O=C(CNC(=O)c1cccs1)NCc1csc(C2CC2)n1. The van der Waals surface area contributed by atoms with Crippen molar-refractivity contribution in [1.82, 2.24) is 15.6 Å². The van der Waals surface area contributed by atoms with E-state index in [1.807, 2.05) is 10.8 Å². The predicted octanol–water partition coefficient (Wildman–Crippen LogP) is 2.13. The summed E-state index contributed by atoms with van der Waals surface area (Å²) in [5, 5.41) is 10.3. The number of carbonyl (C=O) groups is 2. The molecule has 0 aromatic carbocycles. The van der Waals surface area contributed by atoms with E-state index < -0.39 is 0 Å². The van der Waals surface area contributed by atoms with Gasteiger partial charge in [-0.25, -0.2) is 4.98 Å². The fraction of sp³-hybridized carbons (Fsp3) is 0.357. The Hall–Kier alpha value is -1.73. The number of carbonyl (C=O) groups excluding carboxylic acids is 2. The highest BCUT2D eigenvalue weighted by Crippen LogP contribution is 2.41. The van der Waals surface area contributed by atoms with Gasteiger partial charge in [-0.2, -0.15) is 0 Å². The zero-order valence-corrected chi connectivity index (χ0v) is 12.9. The minimum Gasteiger partial charge on any atom is -0.349 e. The van der Waals surface area contributed by atoms with E-state index in [9.17, 15) is 9.59 Å². The Morgan fingerprint density at radius 2 is 2.14 bits per heavy atom. The molecule has 2 N–H and O–H groups in total. The molecule has 110 valence electrons. The summed E-state index contributed by atoms with van der Waals surface area (Å²) < 4.78 is 0. The Kier molecular flexibility index (Phi) is 4.31. The number of thiophene rings is 1. The summed E-state index contributed by atoms with van der Waals surface area (Å²) >= 11 is 3.01. The van der Waals surface area contributed by atoms with Crippen molar-refractivity contribution in [3.63, 3.8) is 0 Å². The van der Waals surface area contributed by atoms with Gasteiger partial charge in [0.1, 0.15) is 0 Å². The first-order valence-corrected chi connectivity index (χ1v) is 8.51. The fourth-order valence-electron chi connectivity index (χ4n) is 1.83. The molecule has 1 saturated carbocycles. The van der Waals surface area contributed by atoms with Gasteiger partial charge in [0.2, 0.25) is 5.91 Å². The smallest absolute Gasteiger partial charge is 0.261 e. The van der Waals surface area contributed by atoms with Crippen LogP contribution in [-0.2, 0) is 11.3 Å². The van der Waals surface area contributed by atoms with Crippen LogP contribution in [0.1, 0.15) is 39.1 Å². The van der Waals surface area contributed by atoms with E-state index in [1.165, 1.54) is 29.2 Å². The highest BCUT2D eigenvalue weighted by molar-refractivity contribution is 7.12. The van der Waals surface area contributed by atoms with Crippen molar-refractivity contribution in [2.75, 3.05) is 6.54 Å². The molecular formula is C14H15N3O2S2. The van der Waals surface area contributed by atoms with Gasteiger partial charge in [0.05, 0.1) is 28.7 Å². The molecule has 0 spiro atoms. The average Bonchev–Trinajstić information content (AvgIpc) is 3.02. The minimum atomic E-state index is -0.218. The molecule has 2 amide bonds. The Balaban J connectivity index is 1.40. The number of rotatable bonds is 6. The van der Waals surface area contributed by atoms with Gasteiger partial charge in [-0.05, 0) is 24.3 Å². The van der Waals surface area contributed by atoms with Crippen molar-refractivity contribution in [3.8, 4) is 0 Å². The largest absolute Gasteiger partial charge is 0.349 e. The van der Waals surface area contributed by atoms with Crippen molar-refractivity contribution >= 4 is 34.5 Å². The zero-order chi connectivity index (χ0) is 14.7. The first-order valence-electron chi connectivity index (χ1n) is 6.75. The fourth-order valence-corrected chi connectivity index (χ4v) is 3.46. The molecule has 0 saturated heterocycles. The molecule has 3 rings (SSSR count). The summed E-state index contributed by atoms with van der Waals surface area (Å²) in [7, 11) is 0. The lowest BCUT2D eigenvalue weighted by molar-refractivity contribution is -0.120. The minimum absolute atomic E-state index is 0.0175. The third-order valence-electron chi connectivity index (χ3n) is 3.12. The molecule has 5 nitrogen and oxygen atoms in total. The van der Waals surface area contributed by atoms with E-state index in [1.54, 1.807) is 23.5 Å². The summed E-state index contributed by atoms with van der Waals surface area (Å²) in [4.78, 5) is 28.5. The standard InChI is InChI=1S/C14H15N3O2S2/c18-12(7-16-13(19)11-2-1-5-20-11)15-6-10-8-21-14(17-10)9-3-4-9/h1-2,5,8-9H,3-4,6-7H2,(H,15,18)(H,16,19). The zero-order valence-electron chi connectivity index (χ0n) is 11.3. The van der Waals surface area contributed by atoms with Crippen LogP contribution in [0.2, 0.25) is 0 Å². The molecule has 0 atom stereocenters. The maximum atomic E-state index is 11.7. The van der Waals surface area contributed by atoms with Crippen molar-refractivity contribution in [2.45, 2.75) is 25.3 Å². The molecule has 1 aliphatic carbocycles. The summed E-state index contributed by atoms with van der Waals surface area (Å²) in [5.74, 6) is 0.218. The molecular weight excluding hydrogens is 306 g/mol. The lowest BCUT2D eigenvalue weighted by Crippen LogP contribution is -2.36. The van der Waals surface area contributed by atoms with E-state index in [0.29, 0.717) is 17.3 Å². The van der Waals surface area contributed by atoms with Gasteiger partial charge in [0.25, 0.3) is 5.91 Å². The van der Waals surface area contributed by atoms with Gasteiger partial charge in [0.15, 0.2) is 0 Å². The Labute approximate surface area is 130 Å². The Morgan fingerprint density at radius 1 is 1.29 bits per heavy atom. The second-order valence-electron chi connectivity index (χ2n) is 4.89. The van der Waals surface area contributed by atoms with Crippen LogP contribution >= 0.6 is 22.7 Å². The van der Waals surface area contributed by atoms with Crippen LogP contribution in [0.25, 0.3) is 0 Å². The summed E-state index contributed by atoms with van der Waals surface area (Å²) in [6, 6.07) is 3.53. The first-order chi connectivity index (χ1) is 10.2. The van der Waals surface area contributed by atoms with E-state index in [0.717, 1.165) is 5.69 Å². The lowest BCUT2D eigenvalue weighted by Gasteiger charge is -2.04. The van der Waals surface area contributed by atoms with Gasteiger partial charge in [-0.1, -0.05) is 6.07 Å². The van der Waals surface area contributed by atoms with Crippen LogP contribution in [0.5, 0.6) is 0 Å². The van der Waals surface area contributed by atoms with Crippen molar-refractivity contribution < 1.29 is 9.59 Å². The van der Waals surface area contributed by atoms with Crippen LogP contribution in [0.15, 0.2) is 22.9 Å². The van der Waals surface area contributed by atoms with Crippen LogP contribution in [0, 0.1) is 0 Å². The quantitative estimate of drug-likeness (QED) is 0.856. The second kappa shape index (κ2) is 6.36. The highest BCUT2D eigenvalue weighted by atomic mass is 32.1. The van der Waals surface area contributed by atoms with Crippen LogP contribution in [-0.4, -0.2) is 23.3 Å². The summed E-state index contributed by atoms with van der Waals surface area (Å²) in [6.45, 7) is 0.396. The molecule has 21 heavy (non-hydrogen) atoms. The second-order valence-corrected chi connectivity index (χ2v) is 6.73. The Morgan fingerprint density at radius 3 is 2.86 bits per heavy atom. The van der Waals surface area contributed by atoms with Gasteiger partial charge in [0, 0.05) is 11.3 Å². The number of nitrogens with one attached hydrogen (secondary N) is 2. The molecule has 0 bridgehead atoms. The van der Waals surface area contributed by atoms with Gasteiger partial charge >= 0.3 is 0 Å². The number of hydrogen-bond donors (Lipinski definition) is 2. The van der Waals surface area contributed by atoms with Crippen molar-refractivity contribution in [2.24, 2.45) is 0 Å². The van der Waals surface area contributed by atoms with Crippen molar-refractivity contribution in [3.05, 3.63) is 38.5 Å². The summed E-state index contributed by atoms with van der Waals surface area (Å²) in [5.41, 5.74) is 0.889. The topological polar surface area (TPSA) is 71.1 Å². The van der Waals surface area contributed by atoms with Crippen LogP contribution in [0.3, 0.4) is 0 Å². The van der Waals surface area contributed by atoms with Gasteiger partial charge in [-0.15, -0.1) is 22.7 Å². The molecule has 1 fully saturated rings. The number of amides is 2. The third kappa shape index (κ3) is 3.89. The van der Waals surface area contributed by atoms with E-state index in [2.05, 4.69) is 15.6 Å². The number of hydrogen-bond acceptors (Lipinski definition) is 5. The van der Waals surface area contributed by atoms with E-state index in [4.69, 9.17) is 0 Å². The third-order valence-corrected chi connectivity index (χ3v) is 5.04. The maximum Gasteiger partial charge on any atom is 0.261 e. The number of nitrogens with zero attached hydrogens (tertiary/aromatic N) is 1. The monoisotopic (exact) mass is 321 g/mol. The number of aromatic nitrogens is 1. The van der Waals surface area contributed by atoms with Gasteiger partial charge < -0.3 is 10.6 Å². The van der Waals surface area contributed by atoms with Gasteiger partial charge in [-0.3, -0.25) is 9.59 Å². The van der Waals surface area contributed by atoms with E-state index >= 15 is 0 Å². The molecule has 2 aromatic rings. The molecule has 1 aliphatic rings.